The zero-order chi connectivity index (χ0) is 14.0. The lowest BCUT2D eigenvalue weighted by molar-refractivity contribution is 0.0697. The molecule has 0 saturated heterocycles. The molecule has 0 bridgehead atoms. The molecule has 19 heavy (non-hydrogen) atoms. The van der Waals surface area contributed by atoms with Crippen molar-refractivity contribution in [3.05, 3.63) is 46.6 Å². The van der Waals surface area contributed by atoms with Crippen molar-refractivity contribution in [3.63, 3.8) is 0 Å². The van der Waals surface area contributed by atoms with E-state index in [0.717, 1.165) is 15.9 Å². The molecule has 1 heterocycles. The molecular formula is C14H13BrN2O2. The molecule has 0 aliphatic rings. The molecule has 5 heteroatoms. The largest absolute Gasteiger partial charge is 0.478 e. The number of aromatic nitrogens is 1. The molecule has 0 saturated carbocycles. The number of rotatable bonds is 3. The van der Waals surface area contributed by atoms with Gasteiger partial charge >= 0.3 is 5.97 Å². The number of anilines is 1. The van der Waals surface area contributed by atoms with Gasteiger partial charge in [0.25, 0.3) is 0 Å². The maximum absolute atomic E-state index is 11.3. The zero-order valence-electron chi connectivity index (χ0n) is 10.6. The number of carbonyl (C=O) groups is 1. The van der Waals surface area contributed by atoms with Crippen LogP contribution >= 0.6 is 15.9 Å². The molecule has 0 aliphatic carbocycles. The van der Waals surface area contributed by atoms with E-state index in [1.807, 2.05) is 37.2 Å². The van der Waals surface area contributed by atoms with E-state index in [0.29, 0.717) is 5.56 Å². The Bertz CT molecular complexity index is 609. The first kappa shape index (κ1) is 13.5. The highest BCUT2D eigenvalue weighted by atomic mass is 79.9. The summed E-state index contributed by atoms with van der Waals surface area (Å²) in [5.74, 6) is -0.120. The van der Waals surface area contributed by atoms with Crippen LogP contribution in [0.5, 0.6) is 0 Å². The van der Waals surface area contributed by atoms with E-state index < -0.39 is 5.97 Å². The van der Waals surface area contributed by atoms with Gasteiger partial charge in [0.05, 0.1) is 5.56 Å². The Morgan fingerprint density at radius 2 is 2.00 bits per heavy atom. The van der Waals surface area contributed by atoms with Crippen molar-refractivity contribution in [3.8, 4) is 11.1 Å². The van der Waals surface area contributed by atoms with Crippen molar-refractivity contribution in [1.29, 1.82) is 0 Å². The molecule has 2 rings (SSSR count). The van der Waals surface area contributed by atoms with Crippen LogP contribution in [0.2, 0.25) is 0 Å². The van der Waals surface area contributed by atoms with Gasteiger partial charge in [-0.2, -0.15) is 0 Å². The molecule has 0 spiro atoms. The van der Waals surface area contributed by atoms with Crippen LogP contribution < -0.4 is 4.90 Å². The van der Waals surface area contributed by atoms with Gasteiger partial charge in [0, 0.05) is 30.3 Å². The van der Waals surface area contributed by atoms with Crippen LogP contribution in [0.3, 0.4) is 0 Å². The van der Waals surface area contributed by atoms with Gasteiger partial charge in [0.15, 0.2) is 0 Å². The topological polar surface area (TPSA) is 53.4 Å². The number of hydrogen-bond acceptors (Lipinski definition) is 3. The summed E-state index contributed by atoms with van der Waals surface area (Å²) in [6, 6.07) is 8.93. The second kappa shape index (κ2) is 5.40. The van der Waals surface area contributed by atoms with Gasteiger partial charge in [0.2, 0.25) is 0 Å². The average Bonchev–Trinajstić information content (AvgIpc) is 2.38. The summed E-state index contributed by atoms with van der Waals surface area (Å²) in [6.07, 6.45) is 1.69. The predicted molar refractivity (Wildman–Crippen MR) is 78.7 cm³/mol. The standard InChI is InChI=1S/C14H13BrN2O2/c1-17(2)13-6-3-9(8-16-13)11-5-4-10(15)7-12(11)14(18)19/h3-8H,1-2H3,(H,18,19). The predicted octanol–water partition coefficient (Wildman–Crippen LogP) is 3.28. The summed E-state index contributed by atoms with van der Waals surface area (Å²) in [6.45, 7) is 0. The van der Waals surface area contributed by atoms with Crippen LogP contribution in [-0.2, 0) is 0 Å². The summed E-state index contributed by atoms with van der Waals surface area (Å²) in [5.41, 5.74) is 1.71. The summed E-state index contributed by atoms with van der Waals surface area (Å²) >= 11 is 3.28. The molecule has 2 aromatic rings. The van der Waals surface area contributed by atoms with E-state index in [1.165, 1.54) is 0 Å². The third-order valence-corrected chi connectivity index (χ3v) is 3.22. The van der Waals surface area contributed by atoms with Gasteiger partial charge in [0.1, 0.15) is 5.82 Å². The molecule has 0 amide bonds. The Kier molecular flexibility index (Phi) is 3.85. The first-order chi connectivity index (χ1) is 8.99. The SMILES string of the molecule is CN(C)c1ccc(-c2ccc(Br)cc2C(=O)O)cn1. The van der Waals surface area contributed by atoms with Crippen molar-refractivity contribution < 1.29 is 9.90 Å². The third-order valence-electron chi connectivity index (χ3n) is 2.73. The molecule has 0 aliphatic heterocycles. The highest BCUT2D eigenvalue weighted by molar-refractivity contribution is 9.10. The number of halogens is 1. The van der Waals surface area contributed by atoms with Crippen LogP contribution in [-0.4, -0.2) is 30.2 Å². The van der Waals surface area contributed by atoms with Gasteiger partial charge in [-0.3, -0.25) is 0 Å². The second-order valence-electron chi connectivity index (χ2n) is 4.29. The number of pyridine rings is 1. The Hall–Kier alpha value is -1.88. The summed E-state index contributed by atoms with van der Waals surface area (Å²) in [5, 5.41) is 9.24. The Morgan fingerprint density at radius 1 is 1.26 bits per heavy atom. The molecule has 0 fully saturated rings. The lowest BCUT2D eigenvalue weighted by Gasteiger charge is -2.12. The van der Waals surface area contributed by atoms with Crippen LogP contribution in [0.4, 0.5) is 5.82 Å². The normalized spacial score (nSPS) is 10.3. The first-order valence-electron chi connectivity index (χ1n) is 5.65. The number of hydrogen-bond donors (Lipinski definition) is 1. The fourth-order valence-corrected chi connectivity index (χ4v) is 2.12. The number of nitrogens with zero attached hydrogens (tertiary/aromatic N) is 2. The maximum Gasteiger partial charge on any atom is 0.336 e. The van der Waals surface area contributed by atoms with Gasteiger partial charge < -0.3 is 10.0 Å². The number of aromatic carboxylic acids is 1. The summed E-state index contributed by atoms with van der Waals surface area (Å²) in [7, 11) is 3.81. The molecule has 0 atom stereocenters. The highest BCUT2D eigenvalue weighted by Crippen LogP contribution is 2.27. The molecular weight excluding hydrogens is 308 g/mol. The van der Waals surface area contributed by atoms with Crippen LogP contribution in [0.15, 0.2) is 41.0 Å². The highest BCUT2D eigenvalue weighted by Gasteiger charge is 2.12. The van der Waals surface area contributed by atoms with Crippen LogP contribution in [0.25, 0.3) is 11.1 Å². The molecule has 1 N–H and O–H groups in total. The van der Waals surface area contributed by atoms with E-state index in [1.54, 1.807) is 18.3 Å². The Labute approximate surface area is 119 Å². The lowest BCUT2D eigenvalue weighted by atomic mass is 10.0. The molecule has 0 radical (unpaired) electrons. The minimum absolute atomic E-state index is 0.258. The monoisotopic (exact) mass is 320 g/mol. The van der Waals surface area contributed by atoms with Gasteiger partial charge in [-0.1, -0.05) is 22.0 Å². The third kappa shape index (κ3) is 2.93. The maximum atomic E-state index is 11.3. The van der Waals surface area contributed by atoms with Gasteiger partial charge in [-0.25, -0.2) is 9.78 Å². The average molecular weight is 321 g/mol. The minimum atomic E-state index is -0.951. The van der Waals surface area contributed by atoms with Crippen LogP contribution in [0, 0.1) is 0 Å². The van der Waals surface area contributed by atoms with Crippen LogP contribution in [0.1, 0.15) is 10.4 Å². The fourth-order valence-electron chi connectivity index (χ4n) is 1.76. The summed E-state index contributed by atoms with van der Waals surface area (Å²) < 4.78 is 0.742. The van der Waals surface area contributed by atoms with Gasteiger partial charge in [-0.15, -0.1) is 0 Å². The number of benzene rings is 1. The smallest absolute Gasteiger partial charge is 0.336 e. The van der Waals surface area contributed by atoms with Crippen molar-refractivity contribution >= 4 is 27.7 Å². The Balaban J connectivity index is 2.49. The van der Waals surface area contributed by atoms with Crippen molar-refractivity contribution in [2.75, 3.05) is 19.0 Å². The molecule has 0 unspecified atom stereocenters. The fraction of sp³-hybridized carbons (Fsp3) is 0.143. The quantitative estimate of drug-likeness (QED) is 0.943. The zero-order valence-corrected chi connectivity index (χ0v) is 12.2. The van der Waals surface area contributed by atoms with E-state index in [4.69, 9.17) is 0 Å². The summed E-state index contributed by atoms with van der Waals surface area (Å²) in [4.78, 5) is 17.5. The minimum Gasteiger partial charge on any atom is -0.478 e. The van der Waals surface area contributed by atoms with Crippen molar-refractivity contribution in [1.82, 2.24) is 4.98 Å². The van der Waals surface area contributed by atoms with E-state index >= 15 is 0 Å². The molecule has 4 nitrogen and oxygen atoms in total. The first-order valence-corrected chi connectivity index (χ1v) is 6.45. The number of carboxylic acids is 1. The second-order valence-corrected chi connectivity index (χ2v) is 5.21. The van der Waals surface area contributed by atoms with E-state index in [9.17, 15) is 9.90 Å². The molecule has 1 aromatic heterocycles. The molecule has 98 valence electrons. The van der Waals surface area contributed by atoms with E-state index in [-0.39, 0.29) is 5.56 Å². The Morgan fingerprint density at radius 3 is 2.53 bits per heavy atom. The van der Waals surface area contributed by atoms with Crippen molar-refractivity contribution in [2.45, 2.75) is 0 Å². The molecule has 1 aromatic carbocycles. The van der Waals surface area contributed by atoms with Gasteiger partial charge in [-0.05, 0) is 29.8 Å². The number of carboxylic acid groups (broad SMARTS) is 1. The van der Waals surface area contributed by atoms with Crippen molar-refractivity contribution in [2.24, 2.45) is 0 Å². The lowest BCUT2D eigenvalue weighted by Crippen LogP contribution is -2.10. The van der Waals surface area contributed by atoms with E-state index in [2.05, 4.69) is 20.9 Å².